The van der Waals surface area contributed by atoms with Crippen LogP contribution in [0.2, 0.25) is 0 Å². The van der Waals surface area contributed by atoms with E-state index in [1.54, 1.807) is 7.11 Å². The van der Waals surface area contributed by atoms with Crippen molar-refractivity contribution in [2.24, 2.45) is 17.8 Å². The Bertz CT molecular complexity index is 463. The lowest BCUT2D eigenvalue weighted by atomic mass is 9.66. The van der Waals surface area contributed by atoms with Gasteiger partial charge in [-0.3, -0.25) is 4.79 Å². The summed E-state index contributed by atoms with van der Waals surface area (Å²) < 4.78 is 5.15. The lowest BCUT2D eigenvalue weighted by molar-refractivity contribution is 0.0763. The minimum Gasteiger partial charge on any atom is -0.497 e. The van der Waals surface area contributed by atoms with Crippen LogP contribution in [0.4, 0.5) is 0 Å². The van der Waals surface area contributed by atoms with Gasteiger partial charge in [-0.2, -0.15) is 0 Å². The molecular formula is C18H24O2. The van der Waals surface area contributed by atoms with Crippen molar-refractivity contribution in [1.82, 2.24) is 0 Å². The predicted molar refractivity (Wildman–Crippen MR) is 80.1 cm³/mol. The summed E-state index contributed by atoms with van der Waals surface area (Å²) in [7, 11) is 1.65. The topological polar surface area (TPSA) is 26.3 Å². The van der Waals surface area contributed by atoms with E-state index in [1.807, 2.05) is 24.3 Å². The number of hydrogen-bond donors (Lipinski definition) is 0. The summed E-state index contributed by atoms with van der Waals surface area (Å²) in [5.41, 5.74) is 0.852. The number of methoxy groups -OCH3 is 1. The highest BCUT2D eigenvalue weighted by molar-refractivity contribution is 5.98. The zero-order chi connectivity index (χ0) is 13.9. The zero-order valence-corrected chi connectivity index (χ0v) is 12.3. The smallest absolute Gasteiger partial charge is 0.165 e. The Morgan fingerprint density at radius 3 is 2.40 bits per heavy atom. The molecule has 0 N–H and O–H groups in total. The molecule has 0 amide bonds. The van der Waals surface area contributed by atoms with Gasteiger partial charge in [0.15, 0.2) is 5.78 Å². The summed E-state index contributed by atoms with van der Waals surface area (Å²) in [5, 5.41) is 0. The van der Waals surface area contributed by atoms with Gasteiger partial charge in [0.25, 0.3) is 0 Å². The molecule has 3 atom stereocenters. The number of benzene rings is 1. The minimum atomic E-state index is 0.253. The number of fused-ring (bicyclic) bond motifs is 1. The first-order valence-corrected chi connectivity index (χ1v) is 7.96. The molecule has 0 heterocycles. The standard InChI is InChI=1S/C18H24O2/c1-20-17-10-8-14(9-11-17)18(19)16-7-6-13-4-2-3-5-15(13)12-16/h8-11,13,15-16H,2-7,12H2,1H3. The average molecular weight is 272 g/mol. The highest BCUT2D eigenvalue weighted by Crippen LogP contribution is 2.43. The Hall–Kier alpha value is -1.31. The molecule has 0 radical (unpaired) electrons. The van der Waals surface area contributed by atoms with Gasteiger partial charge >= 0.3 is 0 Å². The molecule has 0 aliphatic heterocycles. The first-order valence-electron chi connectivity index (χ1n) is 7.96. The molecule has 108 valence electrons. The van der Waals surface area contributed by atoms with Gasteiger partial charge in [0.05, 0.1) is 7.11 Å². The number of ether oxygens (including phenoxy) is 1. The summed E-state index contributed by atoms with van der Waals surface area (Å²) >= 11 is 0. The van der Waals surface area contributed by atoms with Gasteiger partial charge < -0.3 is 4.74 Å². The molecule has 3 rings (SSSR count). The molecule has 1 aromatic carbocycles. The van der Waals surface area contributed by atoms with Gasteiger partial charge in [-0.05, 0) is 55.4 Å². The summed E-state index contributed by atoms with van der Waals surface area (Å²) in [4.78, 5) is 12.6. The lowest BCUT2D eigenvalue weighted by Crippen LogP contribution is -2.31. The molecule has 20 heavy (non-hydrogen) atoms. The number of carbonyl (C=O) groups is 1. The molecule has 0 spiro atoms. The second kappa shape index (κ2) is 5.99. The SMILES string of the molecule is COc1ccc(C(=O)C2CCC3CCCCC3C2)cc1. The molecule has 0 bridgehead atoms. The van der Waals surface area contributed by atoms with E-state index in [4.69, 9.17) is 4.74 Å². The van der Waals surface area contributed by atoms with Crippen molar-refractivity contribution in [3.63, 3.8) is 0 Å². The van der Waals surface area contributed by atoms with Gasteiger partial charge in [-0.1, -0.05) is 25.7 Å². The Balaban J connectivity index is 1.67. The zero-order valence-electron chi connectivity index (χ0n) is 12.3. The number of hydrogen-bond acceptors (Lipinski definition) is 2. The van der Waals surface area contributed by atoms with E-state index < -0.39 is 0 Å². The normalized spacial score (nSPS) is 29.6. The van der Waals surface area contributed by atoms with Crippen molar-refractivity contribution in [3.8, 4) is 5.75 Å². The third kappa shape index (κ3) is 2.74. The molecule has 2 saturated carbocycles. The molecule has 3 unspecified atom stereocenters. The molecule has 2 fully saturated rings. The van der Waals surface area contributed by atoms with E-state index in [0.717, 1.165) is 36.0 Å². The number of ketones is 1. The van der Waals surface area contributed by atoms with Crippen LogP contribution >= 0.6 is 0 Å². The number of rotatable bonds is 3. The third-order valence-electron chi connectivity index (χ3n) is 5.29. The fourth-order valence-corrected chi connectivity index (χ4v) is 4.10. The molecule has 2 nitrogen and oxygen atoms in total. The fourth-order valence-electron chi connectivity index (χ4n) is 4.10. The van der Waals surface area contributed by atoms with Crippen LogP contribution in [-0.4, -0.2) is 12.9 Å². The van der Waals surface area contributed by atoms with Crippen molar-refractivity contribution in [3.05, 3.63) is 29.8 Å². The maximum absolute atomic E-state index is 12.6. The van der Waals surface area contributed by atoms with Crippen molar-refractivity contribution in [2.45, 2.75) is 44.9 Å². The largest absolute Gasteiger partial charge is 0.497 e. The van der Waals surface area contributed by atoms with Crippen molar-refractivity contribution in [2.75, 3.05) is 7.11 Å². The van der Waals surface area contributed by atoms with Gasteiger partial charge in [0.2, 0.25) is 0 Å². The third-order valence-corrected chi connectivity index (χ3v) is 5.29. The molecule has 2 aliphatic rings. The molecule has 2 aliphatic carbocycles. The van der Waals surface area contributed by atoms with E-state index in [9.17, 15) is 4.79 Å². The fraction of sp³-hybridized carbons (Fsp3) is 0.611. The molecule has 1 aromatic rings. The van der Waals surface area contributed by atoms with Crippen LogP contribution in [-0.2, 0) is 0 Å². The van der Waals surface area contributed by atoms with Crippen molar-refractivity contribution in [1.29, 1.82) is 0 Å². The molecule has 2 heteroatoms. The van der Waals surface area contributed by atoms with Crippen LogP contribution in [0, 0.1) is 17.8 Å². The molecule has 0 saturated heterocycles. The van der Waals surface area contributed by atoms with Crippen LogP contribution in [0.3, 0.4) is 0 Å². The van der Waals surface area contributed by atoms with Crippen LogP contribution < -0.4 is 4.74 Å². The van der Waals surface area contributed by atoms with Crippen molar-refractivity contribution < 1.29 is 9.53 Å². The summed E-state index contributed by atoms with van der Waals surface area (Å²) in [6, 6.07) is 7.60. The van der Waals surface area contributed by atoms with Gasteiger partial charge in [-0.25, -0.2) is 0 Å². The Labute approximate surface area is 121 Å². The summed E-state index contributed by atoms with van der Waals surface area (Å²) in [6.07, 6.45) is 8.98. The maximum Gasteiger partial charge on any atom is 0.165 e. The van der Waals surface area contributed by atoms with Crippen LogP contribution in [0.15, 0.2) is 24.3 Å². The lowest BCUT2D eigenvalue weighted by Gasteiger charge is -2.38. The van der Waals surface area contributed by atoms with E-state index in [0.29, 0.717) is 5.78 Å². The number of carbonyl (C=O) groups excluding carboxylic acids is 1. The Morgan fingerprint density at radius 2 is 1.70 bits per heavy atom. The van der Waals surface area contributed by atoms with Crippen LogP contribution in [0.5, 0.6) is 5.75 Å². The van der Waals surface area contributed by atoms with Crippen LogP contribution in [0.25, 0.3) is 0 Å². The maximum atomic E-state index is 12.6. The first kappa shape index (κ1) is 13.7. The van der Waals surface area contributed by atoms with E-state index in [-0.39, 0.29) is 5.92 Å². The van der Waals surface area contributed by atoms with Crippen molar-refractivity contribution >= 4 is 5.78 Å². The molecule has 0 aromatic heterocycles. The second-order valence-corrected chi connectivity index (χ2v) is 6.41. The Morgan fingerprint density at radius 1 is 1.00 bits per heavy atom. The van der Waals surface area contributed by atoms with E-state index in [2.05, 4.69) is 0 Å². The predicted octanol–water partition coefficient (Wildman–Crippen LogP) is 4.48. The minimum absolute atomic E-state index is 0.253. The highest BCUT2D eigenvalue weighted by atomic mass is 16.5. The quantitative estimate of drug-likeness (QED) is 0.758. The van der Waals surface area contributed by atoms with E-state index in [1.165, 1.54) is 32.1 Å². The van der Waals surface area contributed by atoms with E-state index >= 15 is 0 Å². The molecular weight excluding hydrogens is 248 g/mol. The number of Topliss-reactive ketones (excluding diaryl/α,β-unsaturated/α-hetero) is 1. The first-order chi connectivity index (χ1) is 9.78. The van der Waals surface area contributed by atoms with Gasteiger partial charge in [0, 0.05) is 11.5 Å². The summed E-state index contributed by atoms with van der Waals surface area (Å²) in [6.45, 7) is 0. The monoisotopic (exact) mass is 272 g/mol. The van der Waals surface area contributed by atoms with Gasteiger partial charge in [0.1, 0.15) is 5.75 Å². The van der Waals surface area contributed by atoms with Gasteiger partial charge in [-0.15, -0.1) is 0 Å². The average Bonchev–Trinajstić information content (AvgIpc) is 2.54. The highest BCUT2D eigenvalue weighted by Gasteiger charge is 2.35. The van der Waals surface area contributed by atoms with Crippen LogP contribution in [0.1, 0.15) is 55.3 Å². The second-order valence-electron chi connectivity index (χ2n) is 6.41. The Kier molecular flexibility index (Phi) is 4.09. The summed E-state index contributed by atoms with van der Waals surface area (Å²) in [5.74, 6) is 3.13.